The molecule has 5 aliphatic rings. The highest BCUT2D eigenvalue weighted by Crippen LogP contribution is 2.86. The average Bonchev–Trinajstić information content (AvgIpc) is 3.49. The zero-order valence-electron chi connectivity index (χ0n) is 23.4. The molecular formula is C32H40FNO5. The average molecular weight is 538 g/mol. The molecule has 0 saturated heterocycles. The molecule has 0 heterocycles. The molecule has 1 amide bonds. The molecule has 1 aromatic carbocycles. The highest BCUT2D eigenvalue weighted by molar-refractivity contribution is 6.01. The lowest BCUT2D eigenvalue weighted by Crippen LogP contribution is -2.67. The molecule has 8 atom stereocenters. The minimum Gasteiger partial charge on any atom is -0.497 e. The largest absolute Gasteiger partial charge is 0.497 e. The number of aliphatic hydroxyl groups is 1. The molecule has 4 saturated carbocycles. The van der Waals surface area contributed by atoms with Gasteiger partial charge in [-0.15, -0.1) is 0 Å². The monoisotopic (exact) mass is 537 g/mol. The van der Waals surface area contributed by atoms with Crippen molar-refractivity contribution in [3.63, 3.8) is 0 Å². The SMILES string of the molecule is COc1cccc(OCCCNC(=O)[C@@]23C[C@@]2(C)C[C@H]2[C@@H]4CCC5=CC(=O)C=C[C@]5(C)[C@@]4(F)[C@@H](O)C[C@@]23C)c1. The predicted molar refractivity (Wildman–Crippen MR) is 145 cm³/mol. The quantitative estimate of drug-likeness (QED) is 0.481. The van der Waals surface area contributed by atoms with E-state index in [9.17, 15) is 14.7 Å². The van der Waals surface area contributed by atoms with Gasteiger partial charge in [0.25, 0.3) is 0 Å². The van der Waals surface area contributed by atoms with Crippen molar-refractivity contribution in [3.8, 4) is 11.5 Å². The number of benzene rings is 1. The Morgan fingerprint density at radius 3 is 2.72 bits per heavy atom. The van der Waals surface area contributed by atoms with Gasteiger partial charge in [-0.2, -0.15) is 0 Å². The van der Waals surface area contributed by atoms with Crippen LogP contribution in [0.15, 0.2) is 48.1 Å². The molecule has 6 rings (SSSR count). The van der Waals surface area contributed by atoms with E-state index in [1.54, 1.807) is 19.3 Å². The lowest BCUT2D eigenvalue weighted by Gasteiger charge is -2.62. The number of carbonyl (C=O) groups is 2. The third kappa shape index (κ3) is 3.41. The lowest BCUT2D eigenvalue weighted by molar-refractivity contribution is -0.202. The molecule has 6 nitrogen and oxygen atoms in total. The molecule has 0 unspecified atom stereocenters. The molecule has 210 valence electrons. The fourth-order valence-corrected chi connectivity index (χ4v) is 9.51. The summed E-state index contributed by atoms with van der Waals surface area (Å²) in [5.41, 5.74) is -3.37. The molecule has 39 heavy (non-hydrogen) atoms. The second kappa shape index (κ2) is 8.66. The highest BCUT2D eigenvalue weighted by Gasteiger charge is 2.86. The number of ketones is 1. The summed E-state index contributed by atoms with van der Waals surface area (Å²) in [6, 6.07) is 7.44. The van der Waals surface area contributed by atoms with Crippen LogP contribution < -0.4 is 14.8 Å². The molecule has 5 aliphatic carbocycles. The first-order valence-corrected chi connectivity index (χ1v) is 14.3. The van der Waals surface area contributed by atoms with Crippen LogP contribution in [0.25, 0.3) is 0 Å². The number of hydrogen-bond acceptors (Lipinski definition) is 5. The van der Waals surface area contributed by atoms with E-state index < -0.39 is 28.0 Å². The van der Waals surface area contributed by atoms with Crippen molar-refractivity contribution in [3.05, 3.63) is 48.1 Å². The molecule has 0 aromatic heterocycles. The maximum atomic E-state index is 17.4. The van der Waals surface area contributed by atoms with Crippen LogP contribution in [0.5, 0.6) is 11.5 Å². The van der Waals surface area contributed by atoms with E-state index in [1.165, 1.54) is 6.08 Å². The maximum absolute atomic E-state index is 17.4. The first kappa shape index (κ1) is 26.5. The van der Waals surface area contributed by atoms with Crippen LogP contribution >= 0.6 is 0 Å². The Bertz CT molecular complexity index is 1280. The topological polar surface area (TPSA) is 84.9 Å². The van der Waals surface area contributed by atoms with Gasteiger partial charge >= 0.3 is 0 Å². The van der Waals surface area contributed by atoms with Crippen LogP contribution in [0.4, 0.5) is 4.39 Å². The Hall–Kier alpha value is -2.67. The summed E-state index contributed by atoms with van der Waals surface area (Å²) in [6.07, 6.45) is 7.20. The van der Waals surface area contributed by atoms with E-state index >= 15 is 4.39 Å². The number of aliphatic hydroxyl groups excluding tert-OH is 1. The zero-order chi connectivity index (χ0) is 27.8. The van der Waals surface area contributed by atoms with Gasteiger partial charge in [-0.3, -0.25) is 9.59 Å². The summed E-state index contributed by atoms with van der Waals surface area (Å²) in [6.45, 7) is 7.09. The predicted octanol–water partition coefficient (Wildman–Crippen LogP) is 4.96. The summed E-state index contributed by atoms with van der Waals surface area (Å²) in [5, 5.41) is 14.8. The molecule has 0 radical (unpaired) electrons. The van der Waals surface area contributed by atoms with Gasteiger partial charge in [-0.1, -0.05) is 31.6 Å². The number of methoxy groups -OCH3 is 1. The number of halogens is 1. The fourth-order valence-electron chi connectivity index (χ4n) is 9.51. The number of fused-ring (bicyclic) bond motifs is 7. The van der Waals surface area contributed by atoms with E-state index in [0.29, 0.717) is 32.4 Å². The fraction of sp³-hybridized carbons (Fsp3) is 0.625. The molecular weight excluding hydrogens is 497 g/mol. The molecule has 2 N–H and O–H groups in total. The molecule has 1 aromatic rings. The van der Waals surface area contributed by atoms with E-state index in [4.69, 9.17) is 9.47 Å². The molecule has 7 heteroatoms. The van der Waals surface area contributed by atoms with Crippen LogP contribution in [0.1, 0.15) is 59.3 Å². The lowest BCUT2D eigenvalue weighted by atomic mass is 9.44. The van der Waals surface area contributed by atoms with Crippen molar-refractivity contribution in [2.75, 3.05) is 20.3 Å². The number of amides is 1. The van der Waals surface area contributed by atoms with Crippen molar-refractivity contribution in [2.45, 2.75) is 71.1 Å². The minimum atomic E-state index is -1.86. The van der Waals surface area contributed by atoms with Crippen LogP contribution in [0.2, 0.25) is 0 Å². The second-order valence-electron chi connectivity index (χ2n) is 13.2. The van der Waals surface area contributed by atoms with Crippen LogP contribution in [0, 0.1) is 33.5 Å². The van der Waals surface area contributed by atoms with E-state index in [1.807, 2.05) is 31.2 Å². The maximum Gasteiger partial charge on any atom is 0.227 e. The van der Waals surface area contributed by atoms with E-state index in [2.05, 4.69) is 19.2 Å². The van der Waals surface area contributed by atoms with Gasteiger partial charge in [0.1, 0.15) is 11.5 Å². The summed E-state index contributed by atoms with van der Waals surface area (Å²) in [5.74, 6) is 1.01. The van der Waals surface area contributed by atoms with Crippen molar-refractivity contribution in [1.82, 2.24) is 5.32 Å². The van der Waals surface area contributed by atoms with Crippen molar-refractivity contribution >= 4 is 11.7 Å². The van der Waals surface area contributed by atoms with Gasteiger partial charge < -0.3 is 19.9 Å². The number of allylic oxidation sites excluding steroid dienone is 4. The molecule has 0 aliphatic heterocycles. The van der Waals surface area contributed by atoms with Gasteiger partial charge in [0.2, 0.25) is 5.91 Å². The summed E-state index contributed by atoms with van der Waals surface area (Å²) in [4.78, 5) is 25.9. The van der Waals surface area contributed by atoms with E-state index in [-0.39, 0.29) is 35.4 Å². The van der Waals surface area contributed by atoms with Gasteiger partial charge in [-0.05, 0) is 86.5 Å². The number of nitrogens with one attached hydrogen (secondary N) is 1. The third-order valence-corrected chi connectivity index (χ3v) is 11.5. The van der Waals surface area contributed by atoms with Crippen LogP contribution in [0.3, 0.4) is 0 Å². The Labute approximate surface area is 230 Å². The molecule has 0 spiro atoms. The summed E-state index contributed by atoms with van der Waals surface area (Å²) in [7, 11) is 1.62. The summed E-state index contributed by atoms with van der Waals surface area (Å²) < 4.78 is 28.4. The van der Waals surface area contributed by atoms with Gasteiger partial charge in [0, 0.05) is 23.9 Å². The Kier molecular flexibility index (Phi) is 5.90. The van der Waals surface area contributed by atoms with E-state index in [0.717, 1.165) is 29.9 Å². The first-order chi connectivity index (χ1) is 18.4. The standard InChI is InChI=1S/C32H40FNO5/c1-28-17-25-24-10-9-20-15-21(35)11-12-29(20,2)32(24,33)26(36)18-30(25,3)31(28,19-28)27(37)34-13-6-14-39-23-8-5-7-22(16-23)38-4/h5,7-8,11-12,15-16,24-26,36H,6,9-10,13-14,17-19H2,1-4H3,(H,34,37)/t24-,25-,26-,28+,29-,30-,31-,32-/m0/s1. The Balaban J connectivity index is 1.17. The third-order valence-electron chi connectivity index (χ3n) is 11.5. The first-order valence-electron chi connectivity index (χ1n) is 14.3. The zero-order valence-corrected chi connectivity index (χ0v) is 23.4. The van der Waals surface area contributed by atoms with Gasteiger partial charge in [-0.25, -0.2) is 4.39 Å². The molecule has 0 bridgehead atoms. The van der Waals surface area contributed by atoms with Crippen molar-refractivity contribution < 1.29 is 28.6 Å². The van der Waals surface area contributed by atoms with Gasteiger partial charge in [0.05, 0.1) is 25.2 Å². The molecule has 4 fully saturated rings. The minimum absolute atomic E-state index is 0.00352. The smallest absolute Gasteiger partial charge is 0.227 e. The second-order valence-corrected chi connectivity index (χ2v) is 13.2. The number of rotatable bonds is 7. The summed E-state index contributed by atoms with van der Waals surface area (Å²) >= 11 is 0. The van der Waals surface area contributed by atoms with Crippen LogP contribution in [-0.2, 0) is 9.59 Å². The number of ether oxygens (including phenoxy) is 2. The number of hydrogen-bond donors (Lipinski definition) is 2. The van der Waals surface area contributed by atoms with Crippen LogP contribution in [-0.4, -0.2) is 48.8 Å². The highest BCUT2D eigenvalue weighted by atomic mass is 19.1. The van der Waals surface area contributed by atoms with Crippen molar-refractivity contribution in [1.29, 1.82) is 0 Å². The Morgan fingerprint density at radius 2 is 1.95 bits per heavy atom. The number of carbonyl (C=O) groups excluding carboxylic acids is 2. The van der Waals surface area contributed by atoms with Gasteiger partial charge in [0.15, 0.2) is 11.5 Å². The van der Waals surface area contributed by atoms with Crippen molar-refractivity contribution in [2.24, 2.45) is 33.5 Å². The Morgan fingerprint density at radius 1 is 1.18 bits per heavy atom. The normalized spacial score (nSPS) is 43.4. The number of alkyl halides is 1.